The molecule has 0 amide bonds. The van der Waals surface area contributed by atoms with Crippen LogP contribution < -0.4 is 0 Å². The van der Waals surface area contributed by atoms with Gasteiger partial charge in [-0.25, -0.2) is 4.79 Å². The quantitative estimate of drug-likeness (QED) is 0.773. The molecular weight excluding hydrogens is 194 g/mol. The first-order chi connectivity index (χ1) is 6.85. The van der Waals surface area contributed by atoms with E-state index in [9.17, 15) is 4.79 Å². The molecule has 1 rings (SSSR count). The minimum absolute atomic E-state index is 0.174. The van der Waals surface area contributed by atoms with Crippen molar-refractivity contribution < 1.29 is 14.6 Å². The Bertz CT molecular complexity index is 360. The highest BCUT2D eigenvalue weighted by atomic mass is 16.6. The third-order valence-electron chi connectivity index (χ3n) is 1.89. The summed E-state index contributed by atoms with van der Waals surface area (Å²) in [5.41, 5.74) is 0.774. The lowest BCUT2D eigenvalue weighted by atomic mass is 10.2. The molecule has 0 aliphatic heterocycles. The van der Waals surface area contributed by atoms with Crippen molar-refractivity contribution in [2.75, 3.05) is 0 Å². The third kappa shape index (κ3) is 2.83. The van der Waals surface area contributed by atoms with Crippen LogP contribution in [0.3, 0.4) is 0 Å². The highest BCUT2D eigenvalue weighted by molar-refractivity contribution is 5.73. The van der Waals surface area contributed by atoms with Crippen molar-refractivity contribution in [2.24, 2.45) is 0 Å². The largest absolute Gasteiger partial charge is 0.443 e. The molecule has 4 heteroatoms. The van der Waals surface area contributed by atoms with E-state index in [4.69, 9.17) is 9.84 Å². The minimum atomic E-state index is -0.527. The predicted octanol–water partition coefficient (Wildman–Crippen LogP) is 2.07. The van der Waals surface area contributed by atoms with Gasteiger partial charge in [0.15, 0.2) is 0 Å². The molecule has 0 aromatic carbocycles. The van der Waals surface area contributed by atoms with E-state index in [0.717, 1.165) is 5.69 Å². The number of carbonyl (C=O) groups excluding carboxylic acids is 1. The molecule has 0 radical (unpaired) electrons. The van der Waals surface area contributed by atoms with Gasteiger partial charge in [0.2, 0.25) is 0 Å². The Labute approximate surface area is 89.5 Å². The summed E-state index contributed by atoms with van der Waals surface area (Å²) in [7, 11) is 0. The van der Waals surface area contributed by atoms with Crippen molar-refractivity contribution in [3.05, 3.63) is 23.5 Å². The first-order valence-electron chi connectivity index (χ1n) is 4.86. The standard InChI is InChI=1S/C11H17NO3/c1-8-5-6-9(7-13)12(8)10(14)15-11(2,3)4/h5-6,13H,7H2,1-4H3. The molecule has 0 spiro atoms. The summed E-state index contributed by atoms with van der Waals surface area (Å²) in [5.74, 6) is 0. The van der Waals surface area contributed by atoms with Gasteiger partial charge >= 0.3 is 6.09 Å². The lowest BCUT2D eigenvalue weighted by Crippen LogP contribution is -2.28. The van der Waals surface area contributed by atoms with Gasteiger partial charge in [-0.2, -0.15) is 0 Å². The Morgan fingerprint density at radius 3 is 2.53 bits per heavy atom. The highest BCUT2D eigenvalue weighted by Gasteiger charge is 2.20. The number of carbonyl (C=O) groups is 1. The van der Waals surface area contributed by atoms with E-state index >= 15 is 0 Å². The van der Waals surface area contributed by atoms with E-state index in [1.54, 1.807) is 19.1 Å². The molecule has 0 bridgehead atoms. The Balaban J connectivity index is 2.95. The number of hydrogen-bond acceptors (Lipinski definition) is 3. The second-order valence-electron chi connectivity index (χ2n) is 4.44. The van der Waals surface area contributed by atoms with E-state index < -0.39 is 11.7 Å². The second kappa shape index (κ2) is 4.06. The monoisotopic (exact) mass is 211 g/mol. The maximum Gasteiger partial charge on any atom is 0.419 e. The lowest BCUT2D eigenvalue weighted by Gasteiger charge is -2.20. The maximum absolute atomic E-state index is 11.8. The van der Waals surface area contributed by atoms with E-state index in [1.807, 2.05) is 20.8 Å². The fourth-order valence-electron chi connectivity index (χ4n) is 1.28. The van der Waals surface area contributed by atoms with Gasteiger partial charge in [0.1, 0.15) is 5.60 Å². The Morgan fingerprint density at radius 1 is 1.47 bits per heavy atom. The molecule has 4 nitrogen and oxygen atoms in total. The first kappa shape index (κ1) is 11.8. The second-order valence-corrected chi connectivity index (χ2v) is 4.44. The van der Waals surface area contributed by atoms with Gasteiger partial charge in [-0.05, 0) is 39.8 Å². The number of aryl methyl sites for hydroxylation is 1. The van der Waals surface area contributed by atoms with Gasteiger partial charge in [0.05, 0.1) is 12.3 Å². The van der Waals surface area contributed by atoms with Crippen LogP contribution in [0.4, 0.5) is 4.79 Å². The number of nitrogens with zero attached hydrogens (tertiary/aromatic N) is 1. The molecule has 1 aromatic rings. The van der Waals surface area contributed by atoms with Gasteiger partial charge in [0.25, 0.3) is 0 Å². The fraction of sp³-hybridized carbons (Fsp3) is 0.545. The number of aromatic nitrogens is 1. The van der Waals surface area contributed by atoms with Crippen molar-refractivity contribution in [3.63, 3.8) is 0 Å². The van der Waals surface area contributed by atoms with Crippen molar-refractivity contribution >= 4 is 6.09 Å². The van der Waals surface area contributed by atoms with Crippen molar-refractivity contribution in [1.29, 1.82) is 0 Å². The summed E-state index contributed by atoms with van der Waals surface area (Å²) in [4.78, 5) is 11.8. The average Bonchev–Trinajstić information content (AvgIpc) is 2.43. The van der Waals surface area contributed by atoms with E-state index in [-0.39, 0.29) is 6.61 Å². The van der Waals surface area contributed by atoms with Crippen LogP contribution in [-0.2, 0) is 11.3 Å². The van der Waals surface area contributed by atoms with Gasteiger partial charge in [-0.15, -0.1) is 0 Å². The van der Waals surface area contributed by atoms with Crippen LogP contribution in [0.15, 0.2) is 12.1 Å². The molecule has 0 aliphatic rings. The van der Waals surface area contributed by atoms with Crippen LogP contribution in [0.2, 0.25) is 0 Å². The third-order valence-corrected chi connectivity index (χ3v) is 1.89. The number of rotatable bonds is 1. The zero-order valence-corrected chi connectivity index (χ0v) is 9.57. The summed E-state index contributed by atoms with van der Waals surface area (Å²) in [6, 6.07) is 3.48. The molecule has 0 aliphatic carbocycles. The SMILES string of the molecule is Cc1ccc(CO)n1C(=O)OC(C)(C)C. The van der Waals surface area contributed by atoms with Crippen LogP contribution >= 0.6 is 0 Å². The molecule has 0 unspecified atom stereocenters. The molecule has 1 heterocycles. The van der Waals surface area contributed by atoms with Gasteiger partial charge < -0.3 is 9.84 Å². The van der Waals surface area contributed by atoms with Crippen LogP contribution in [-0.4, -0.2) is 21.4 Å². The average molecular weight is 211 g/mol. The molecule has 15 heavy (non-hydrogen) atoms. The molecule has 0 saturated heterocycles. The number of hydrogen-bond donors (Lipinski definition) is 1. The highest BCUT2D eigenvalue weighted by Crippen LogP contribution is 2.14. The number of aliphatic hydroxyl groups excluding tert-OH is 1. The minimum Gasteiger partial charge on any atom is -0.443 e. The fourth-order valence-corrected chi connectivity index (χ4v) is 1.28. The van der Waals surface area contributed by atoms with Gasteiger partial charge in [-0.1, -0.05) is 0 Å². The summed E-state index contributed by atoms with van der Waals surface area (Å²) in [5, 5.41) is 9.05. The van der Waals surface area contributed by atoms with Gasteiger partial charge in [0, 0.05) is 5.69 Å². The first-order valence-corrected chi connectivity index (χ1v) is 4.86. The zero-order valence-electron chi connectivity index (χ0n) is 9.57. The van der Waals surface area contributed by atoms with Crippen LogP contribution in [0.25, 0.3) is 0 Å². The molecule has 0 saturated carbocycles. The molecule has 1 aromatic heterocycles. The Morgan fingerprint density at radius 2 is 2.07 bits per heavy atom. The van der Waals surface area contributed by atoms with Crippen molar-refractivity contribution in [1.82, 2.24) is 4.57 Å². The summed E-state index contributed by atoms with van der Waals surface area (Å²) in [6.45, 7) is 7.04. The van der Waals surface area contributed by atoms with Crippen LogP contribution in [0, 0.1) is 6.92 Å². The zero-order chi connectivity index (χ0) is 11.6. The number of ether oxygens (including phenoxy) is 1. The molecular formula is C11H17NO3. The number of aliphatic hydroxyl groups is 1. The molecule has 0 fully saturated rings. The van der Waals surface area contributed by atoms with Crippen molar-refractivity contribution in [2.45, 2.75) is 39.9 Å². The summed E-state index contributed by atoms with van der Waals surface area (Å²) >= 11 is 0. The van der Waals surface area contributed by atoms with Crippen LogP contribution in [0.1, 0.15) is 32.2 Å². The normalized spacial score (nSPS) is 11.5. The van der Waals surface area contributed by atoms with Gasteiger partial charge in [-0.3, -0.25) is 4.57 Å². The smallest absolute Gasteiger partial charge is 0.419 e. The Kier molecular flexibility index (Phi) is 3.19. The van der Waals surface area contributed by atoms with E-state index in [0.29, 0.717) is 5.69 Å². The summed E-state index contributed by atoms with van der Waals surface area (Å²) < 4.78 is 6.60. The predicted molar refractivity (Wildman–Crippen MR) is 56.7 cm³/mol. The summed E-state index contributed by atoms with van der Waals surface area (Å²) in [6.07, 6.45) is -0.450. The van der Waals surface area contributed by atoms with Crippen LogP contribution in [0.5, 0.6) is 0 Å². The Hall–Kier alpha value is -1.29. The lowest BCUT2D eigenvalue weighted by molar-refractivity contribution is 0.0523. The van der Waals surface area contributed by atoms with E-state index in [2.05, 4.69) is 0 Å². The maximum atomic E-state index is 11.8. The molecule has 0 atom stereocenters. The topological polar surface area (TPSA) is 51.5 Å². The van der Waals surface area contributed by atoms with Crippen molar-refractivity contribution in [3.8, 4) is 0 Å². The molecule has 1 N–H and O–H groups in total. The molecule has 84 valence electrons. The van der Waals surface area contributed by atoms with E-state index in [1.165, 1.54) is 4.57 Å².